The standard InChI is InChI=1S/C25H25N3/c1-17-13-15-19(16-14-17)24-22-12-8-4-7-11-21(22)23-18(2)27-28(25(23)26-24)20-9-5-3-6-10-20/h3,5-6,9-10,13-16H,4,7-8,11-12H2,1-2H3. The molecule has 3 heteroatoms. The van der Waals surface area contributed by atoms with E-state index in [-0.39, 0.29) is 0 Å². The van der Waals surface area contributed by atoms with Gasteiger partial charge in [0, 0.05) is 10.9 Å². The second-order valence-corrected chi connectivity index (χ2v) is 7.88. The lowest BCUT2D eigenvalue weighted by molar-refractivity contribution is 0.712. The Labute approximate surface area is 166 Å². The molecule has 0 radical (unpaired) electrons. The van der Waals surface area contributed by atoms with Gasteiger partial charge in [-0.3, -0.25) is 0 Å². The lowest BCUT2D eigenvalue weighted by Crippen LogP contribution is -2.03. The molecule has 2 aromatic carbocycles. The Morgan fingerprint density at radius 2 is 1.50 bits per heavy atom. The molecule has 0 saturated carbocycles. The molecular formula is C25H25N3. The van der Waals surface area contributed by atoms with Crippen LogP contribution in [-0.4, -0.2) is 14.8 Å². The fourth-order valence-corrected chi connectivity index (χ4v) is 4.46. The van der Waals surface area contributed by atoms with Gasteiger partial charge < -0.3 is 0 Å². The largest absolute Gasteiger partial charge is 0.228 e. The van der Waals surface area contributed by atoms with Gasteiger partial charge in [-0.2, -0.15) is 5.10 Å². The van der Waals surface area contributed by atoms with Crippen molar-refractivity contribution in [2.75, 3.05) is 0 Å². The summed E-state index contributed by atoms with van der Waals surface area (Å²) in [5.74, 6) is 0. The Morgan fingerprint density at radius 3 is 2.25 bits per heavy atom. The van der Waals surface area contributed by atoms with Crippen LogP contribution in [0.5, 0.6) is 0 Å². The molecule has 0 saturated heterocycles. The maximum absolute atomic E-state index is 5.23. The van der Waals surface area contributed by atoms with Crippen LogP contribution in [0.4, 0.5) is 0 Å². The SMILES string of the molecule is Cc1ccc(-c2nc3c(c(C)nn3-c3ccccc3)c3c2CCCCC3)cc1. The van der Waals surface area contributed by atoms with Crippen molar-refractivity contribution in [3.63, 3.8) is 0 Å². The highest BCUT2D eigenvalue weighted by molar-refractivity contribution is 5.88. The smallest absolute Gasteiger partial charge is 0.164 e. The van der Waals surface area contributed by atoms with E-state index >= 15 is 0 Å². The predicted molar refractivity (Wildman–Crippen MR) is 115 cm³/mol. The minimum atomic E-state index is 0.986. The third kappa shape index (κ3) is 2.82. The summed E-state index contributed by atoms with van der Waals surface area (Å²) in [7, 11) is 0. The molecule has 2 aromatic heterocycles. The van der Waals surface area contributed by atoms with Crippen molar-refractivity contribution < 1.29 is 0 Å². The molecule has 0 spiro atoms. The molecule has 5 rings (SSSR count). The van der Waals surface area contributed by atoms with Crippen molar-refractivity contribution in [3.8, 4) is 16.9 Å². The first-order valence-electron chi connectivity index (χ1n) is 10.3. The van der Waals surface area contributed by atoms with Crippen molar-refractivity contribution in [3.05, 3.63) is 77.0 Å². The fourth-order valence-electron chi connectivity index (χ4n) is 4.46. The predicted octanol–water partition coefficient (Wildman–Crippen LogP) is 5.97. The van der Waals surface area contributed by atoms with Gasteiger partial charge in [-0.05, 0) is 62.8 Å². The fraction of sp³-hybridized carbons (Fsp3) is 0.280. The average molecular weight is 367 g/mol. The van der Waals surface area contributed by atoms with Crippen LogP contribution < -0.4 is 0 Å². The molecule has 0 amide bonds. The summed E-state index contributed by atoms with van der Waals surface area (Å²) >= 11 is 0. The summed E-state index contributed by atoms with van der Waals surface area (Å²) in [5, 5.41) is 6.16. The maximum Gasteiger partial charge on any atom is 0.164 e. The number of aryl methyl sites for hydroxylation is 3. The zero-order chi connectivity index (χ0) is 19.1. The van der Waals surface area contributed by atoms with Gasteiger partial charge in [0.15, 0.2) is 5.65 Å². The van der Waals surface area contributed by atoms with E-state index in [1.807, 2.05) is 10.7 Å². The topological polar surface area (TPSA) is 30.7 Å². The zero-order valence-electron chi connectivity index (χ0n) is 16.6. The Balaban J connectivity index is 1.84. The van der Waals surface area contributed by atoms with Crippen molar-refractivity contribution in [1.29, 1.82) is 0 Å². The zero-order valence-corrected chi connectivity index (χ0v) is 16.6. The Kier molecular flexibility index (Phi) is 4.23. The molecule has 0 N–H and O–H groups in total. The summed E-state index contributed by atoms with van der Waals surface area (Å²) in [5.41, 5.74) is 9.67. The average Bonchev–Trinajstić information content (AvgIpc) is 2.89. The van der Waals surface area contributed by atoms with Crippen molar-refractivity contribution in [2.45, 2.75) is 46.0 Å². The van der Waals surface area contributed by atoms with Crippen LogP contribution in [0.25, 0.3) is 28.0 Å². The van der Waals surface area contributed by atoms with Crippen molar-refractivity contribution >= 4 is 11.0 Å². The highest BCUT2D eigenvalue weighted by Gasteiger charge is 2.23. The maximum atomic E-state index is 5.23. The highest BCUT2D eigenvalue weighted by atomic mass is 15.3. The quantitative estimate of drug-likeness (QED) is 0.408. The number of aromatic nitrogens is 3. The molecule has 4 aromatic rings. The summed E-state index contributed by atoms with van der Waals surface area (Å²) in [4.78, 5) is 5.23. The lowest BCUT2D eigenvalue weighted by Gasteiger charge is -2.15. The van der Waals surface area contributed by atoms with E-state index in [4.69, 9.17) is 10.1 Å². The van der Waals surface area contributed by atoms with Crippen LogP contribution >= 0.6 is 0 Å². The third-order valence-electron chi connectivity index (χ3n) is 5.88. The minimum Gasteiger partial charge on any atom is -0.228 e. The number of para-hydroxylation sites is 1. The molecule has 1 aliphatic carbocycles. The number of benzene rings is 2. The van der Waals surface area contributed by atoms with Crippen LogP contribution in [0, 0.1) is 13.8 Å². The van der Waals surface area contributed by atoms with E-state index in [1.54, 1.807) is 0 Å². The molecule has 0 fully saturated rings. The first-order valence-corrected chi connectivity index (χ1v) is 10.3. The number of fused-ring (bicyclic) bond motifs is 3. The van der Waals surface area contributed by atoms with E-state index in [0.717, 1.165) is 35.6 Å². The van der Waals surface area contributed by atoms with Crippen LogP contribution in [0.3, 0.4) is 0 Å². The van der Waals surface area contributed by atoms with Crippen LogP contribution in [-0.2, 0) is 12.8 Å². The van der Waals surface area contributed by atoms with Gasteiger partial charge in [-0.25, -0.2) is 9.67 Å². The normalized spacial score (nSPS) is 14.1. The Morgan fingerprint density at radius 1 is 0.786 bits per heavy atom. The monoisotopic (exact) mass is 367 g/mol. The minimum absolute atomic E-state index is 0.986. The van der Waals surface area contributed by atoms with E-state index in [0.29, 0.717) is 0 Å². The molecule has 0 atom stereocenters. The molecular weight excluding hydrogens is 342 g/mol. The molecule has 28 heavy (non-hydrogen) atoms. The third-order valence-corrected chi connectivity index (χ3v) is 5.88. The number of nitrogens with zero attached hydrogens (tertiary/aromatic N) is 3. The van der Waals surface area contributed by atoms with Crippen LogP contribution in [0.15, 0.2) is 54.6 Å². The molecule has 2 heterocycles. The number of hydrogen-bond donors (Lipinski definition) is 0. The van der Waals surface area contributed by atoms with E-state index in [1.165, 1.54) is 46.9 Å². The number of rotatable bonds is 2. The van der Waals surface area contributed by atoms with E-state index < -0.39 is 0 Å². The van der Waals surface area contributed by atoms with E-state index in [9.17, 15) is 0 Å². The second-order valence-electron chi connectivity index (χ2n) is 7.88. The van der Waals surface area contributed by atoms with Gasteiger partial charge in [0.25, 0.3) is 0 Å². The van der Waals surface area contributed by atoms with Crippen LogP contribution in [0.1, 0.15) is 41.6 Å². The van der Waals surface area contributed by atoms with Crippen molar-refractivity contribution in [1.82, 2.24) is 14.8 Å². The summed E-state index contributed by atoms with van der Waals surface area (Å²) in [6.07, 6.45) is 6.00. The number of pyridine rings is 1. The molecule has 1 aliphatic rings. The van der Waals surface area contributed by atoms with E-state index in [2.05, 4.69) is 62.4 Å². The Bertz CT molecular complexity index is 1140. The summed E-state index contributed by atoms with van der Waals surface area (Å²) < 4.78 is 2.02. The van der Waals surface area contributed by atoms with Gasteiger partial charge in [0.1, 0.15) is 0 Å². The highest BCUT2D eigenvalue weighted by Crippen LogP contribution is 2.36. The van der Waals surface area contributed by atoms with Crippen LogP contribution in [0.2, 0.25) is 0 Å². The van der Waals surface area contributed by atoms with Crippen molar-refractivity contribution in [2.24, 2.45) is 0 Å². The molecule has 0 bridgehead atoms. The van der Waals surface area contributed by atoms with Gasteiger partial charge in [0.05, 0.1) is 17.1 Å². The second kappa shape index (κ2) is 6.90. The summed E-state index contributed by atoms with van der Waals surface area (Å²) in [6.45, 7) is 4.26. The molecule has 3 nitrogen and oxygen atoms in total. The lowest BCUT2D eigenvalue weighted by atomic mass is 9.94. The molecule has 0 unspecified atom stereocenters. The first kappa shape index (κ1) is 17.2. The van der Waals surface area contributed by atoms with Gasteiger partial charge >= 0.3 is 0 Å². The van der Waals surface area contributed by atoms with Gasteiger partial charge in [0.2, 0.25) is 0 Å². The van der Waals surface area contributed by atoms with Gasteiger partial charge in [-0.15, -0.1) is 0 Å². The summed E-state index contributed by atoms with van der Waals surface area (Å²) in [6, 6.07) is 19.2. The molecule has 0 aliphatic heterocycles. The molecule has 140 valence electrons. The first-order chi connectivity index (χ1) is 13.7. The Hall–Kier alpha value is -2.94. The number of hydrogen-bond acceptors (Lipinski definition) is 2. The van der Waals surface area contributed by atoms with Gasteiger partial charge in [-0.1, -0.05) is 54.4 Å².